The highest BCUT2D eigenvalue weighted by atomic mass is 32.2. The van der Waals surface area contributed by atoms with Crippen molar-refractivity contribution in [2.45, 2.75) is 33.2 Å². The molecule has 0 radical (unpaired) electrons. The van der Waals surface area contributed by atoms with Crippen LogP contribution >= 0.6 is 0 Å². The van der Waals surface area contributed by atoms with E-state index in [2.05, 4.69) is 36.5 Å². The fourth-order valence-corrected chi connectivity index (χ4v) is 3.67. The lowest BCUT2D eigenvalue weighted by atomic mass is 10.00. The van der Waals surface area contributed by atoms with E-state index < -0.39 is 10.8 Å². The lowest BCUT2D eigenvalue weighted by Crippen LogP contribution is -2.21. The molecule has 1 aliphatic heterocycles. The monoisotopic (exact) mass is 307 g/mol. The zero-order chi connectivity index (χ0) is 15.2. The van der Waals surface area contributed by atoms with Gasteiger partial charge in [-0.1, -0.05) is 20.1 Å². The zero-order valence-corrected chi connectivity index (χ0v) is 13.8. The number of allylic oxidation sites excluding steroid dienone is 3. The van der Waals surface area contributed by atoms with Crippen LogP contribution in [-0.2, 0) is 17.8 Å². The first kappa shape index (κ1) is 17.4. The molecule has 2 rings (SSSR count). The van der Waals surface area contributed by atoms with Crippen molar-refractivity contribution in [3.8, 4) is 0 Å². The highest BCUT2D eigenvalue weighted by Gasteiger charge is 2.25. The van der Waals surface area contributed by atoms with E-state index in [9.17, 15) is 4.21 Å². The van der Waals surface area contributed by atoms with Crippen LogP contribution in [0.25, 0.3) is 5.70 Å². The van der Waals surface area contributed by atoms with E-state index in [1.807, 2.05) is 21.0 Å². The van der Waals surface area contributed by atoms with Crippen LogP contribution in [0.1, 0.15) is 32.5 Å². The van der Waals surface area contributed by atoms with Crippen LogP contribution in [-0.4, -0.2) is 32.2 Å². The molecule has 0 N–H and O–H groups in total. The van der Waals surface area contributed by atoms with Crippen LogP contribution in [0.4, 0.5) is 0 Å². The topological polar surface area (TPSA) is 38.1 Å². The van der Waals surface area contributed by atoms with Gasteiger partial charge in [0.2, 0.25) is 0 Å². The molecular weight excluding hydrogens is 282 g/mol. The van der Waals surface area contributed by atoms with E-state index >= 15 is 0 Å². The normalized spacial score (nSPS) is 16.8. The van der Waals surface area contributed by atoms with Crippen molar-refractivity contribution in [3.05, 3.63) is 40.8 Å². The molecule has 0 aromatic carbocycles. The first-order chi connectivity index (χ1) is 9.25. The number of likely N-dealkylation sites (N-methyl/N-ethyl adjacent to an activating group) is 1. The van der Waals surface area contributed by atoms with Gasteiger partial charge in [0, 0.05) is 31.6 Å². The van der Waals surface area contributed by atoms with Gasteiger partial charge in [0.05, 0.1) is 16.5 Å². The van der Waals surface area contributed by atoms with Crippen LogP contribution in [0.2, 0.25) is 0 Å². The number of hydrogen-bond acceptors (Lipinski definition) is 3. The molecule has 0 saturated heterocycles. The molecule has 2 heterocycles. The predicted octanol–water partition coefficient (Wildman–Crippen LogP) is 3.24. The third kappa shape index (κ3) is 2.75. The van der Waals surface area contributed by atoms with Gasteiger partial charge < -0.3 is 4.90 Å². The van der Waals surface area contributed by atoms with E-state index in [-0.39, 0.29) is 7.43 Å². The smallest absolute Gasteiger partial charge is 0.128 e. The van der Waals surface area contributed by atoms with Crippen LogP contribution in [0, 0.1) is 6.92 Å². The predicted molar refractivity (Wildman–Crippen MR) is 90.3 cm³/mol. The highest BCUT2D eigenvalue weighted by Crippen LogP contribution is 2.34. The average Bonchev–Trinajstić information content (AvgIpc) is 2.62. The quantitative estimate of drug-likeness (QED) is 0.842. The third-order valence-electron chi connectivity index (χ3n) is 3.72. The van der Waals surface area contributed by atoms with Crippen molar-refractivity contribution in [2.75, 3.05) is 13.3 Å². The minimum atomic E-state index is -1.05. The maximum atomic E-state index is 11.9. The van der Waals surface area contributed by atoms with Gasteiger partial charge in [-0.2, -0.15) is 5.10 Å². The van der Waals surface area contributed by atoms with Gasteiger partial charge in [-0.3, -0.25) is 8.89 Å². The summed E-state index contributed by atoms with van der Waals surface area (Å²) < 4.78 is 13.6. The summed E-state index contributed by atoms with van der Waals surface area (Å²) in [7, 11) is 2.78. The van der Waals surface area contributed by atoms with Gasteiger partial charge in [0.25, 0.3) is 0 Å². The molecule has 1 aliphatic rings. The maximum Gasteiger partial charge on any atom is 0.128 e. The Labute approximate surface area is 130 Å². The molecule has 0 aliphatic carbocycles. The Morgan fingerprint density at radius 2 is 1.81 bits per heavy atom. The van der Waals surface area contributed by atoms with E-state index in [0.717, 1.165) is 38.8 Å². The van der Waals surface area contributed by atoms with E-state index in [1.165, 1.54) is 0 Å². The minimum absolute atomic E-state index is 0. The molecule has 0 amide bonds. The number of hydrogen-bond donors (Lipinski definition) is 0. The van der Waals surface area contributed by atoms with Gasteiger partial charge in [0.15, 0.2) is 0 Å². The molecule has 4 nitrogen and oxygen atoms in total. The van der Waals surface area contributed by atoms with Crippen molar-refractivity contribution in [2.24, 2.45) is 7.05 Å². The molecule has 0 spiro atoms. The van der Waals surface area contributed by atoms with Gasteiger partial charge in [0.1, 0.15) is 10.7 Å². The molecule has 116 valence electrons. The molecule has 0 bridgehead atoms. The van der Waals surface area contributed by atoms with Gasteiger partial charge in [-0.05, 0) is 31.9 Å². The average molecular weight is 307 g/mol. The number of aryl methyl sites for hydroxylation is 1. The molecule has 1 aromatic heterocycles. The fraction of sp³-hybridized carbons (Fsp3) is 0.438. The van der Waals surface area contributed by atoms with Crippen molar-refractivity contribution in [3.63, 3.8) is 0 Å². The Balaban J connectivity index is 0.00000220. The van der Waals surface area contributed by atoms with Gasteiger partial charge in [-0.15, -0.1) is 0 Å². The Bertz CT molecular complexity index is 680. The molecule has 5 heteroatoms. The van der Waals surface area contributed by atoms with Crippen molar-refractivity contribution in [1.82, 2.24) is 14.7 Å². The van der Waals surface area contributed by atoms with Crippen LogP contribution < -0.4 is 0 Å². The number of aromatic nitrogens is 2. The molecule has 0 saturated carbocycles. The van der Waals surface area contributed by atoms with Gasteiger partial charge >= 0.3 is 0 Å². The Morgan fingerprint density at radius 3 is 2.29 bits per heavy atom. The number of rotatable bonds is 2. The van der Waals surface area contributed by atoms with Crippen LogP contribution in [0.5, 0.6) is 0 Å². The number of nitrogens with zero attached hydrogens (tertiary/aromatic N) is 3. The van der Waals surface area contributed by atoms with E-state index in [0.29, 0.717) is 0 Å². The molecule has 1 atom stereocenters. The Hall–Kier alpha value is -1.62. The lowest BCUT2D eigenvalue weighted by Gasteiger charge is -2.30. The maximum absolute atomic E-state index is 11.9. The standard InChI is InChI=1S/C15H21N3OS.CH4/c1-9-8-10(2)14(17(5)12(9)4)13-11(3)15(20(7)19)18(6)16-13;/h8H,4H2,1-3,5-7H3;1H4. The first-order valence-corrected chi connectivity index (χ1v) is 8.01. The van der Waals surface area contributed by atoms with E-state index in [4.69, 9.17) is 0 Å². The summed E-state index contributed by atoms with van der Waals surface area (Å²) in [5.74, 6) is 0. The fourth-order valence-electron chi connectivity index (χ4n) is 2.73. The Kier molecular flexibility index (Phi) is 4.99. The second kappa shape index (κ2) is 6.02. The highest BCUT2D eigenvalue weighted by molar-refractivity contribution is 7.84. The largest absolute Gasteiger partial charge is 0.343 e. The third-order valence-corrected chi connectivity index (χ3v) is 4.83. The molecule has 21 heavy (non-hydrogen) atoms. The summed E-state index contributed by atoms with van der Waals surface area (Å²) in [5, 5.41) is 5.34. The van der Waals surface area contributed by atoms with Crippen molar-refractivity contribution in [1.29, 1.82) is 0 Å². The molecule has 0 fully saturated rings. The summed E-state index contributed by atoms with van der Waals surface area (Å²) in [6, 6.07) is 0. The Morgan fingerprint density at radius 1 is 1.24 bits per heavy atom. The molecule has 1 unspecified atom stereocenters. The lowest BCUT2D eigenvalue weighted by molar-refractivity contribution is 0.590. The van der Waals surface area contributed by atoms with Crippen molar-refractivity contribution < 1.29 is 4.21 Å². The second-order valence-corrected chi connectivity index (χ2v) is 6.52. The van der Waals surface area contributed by atoms with Crippen molar-refractivity contribution >= 4 is 16.5 Å². The summed E-state index contributed by atoms with van der Waals surface area (Å²) in [4.78, 5) is 2.06. The summed E-state index contributed by atoms with van der Waals surface area (Å²) in [6.45, 7) is 10.2. The van der Waals surface area contributed by atoms with Crippen LogP contribution in [0.3, 0.4) is 0 Å². The first-order valence-electron chi connectivity index (χ1n) is 6.45. The summed E-state index contributed by atoms with van der Waals surface area (Å²) >= 11 is 0. The summed E-state index contributed by atoms with van der Waals surface area (Å²) in [6.07, 6.45) is 3.80. The van der Waals surface area contributed by atoms with E-state index in [1.54, 1.807) is 10.9 Å². The molecular formula is C16H25N3OS. The molecule has 1 aromatic rings. The SMILES string of the molecule is C.C=C1C(C)=CC(C)=C(c2nn(C)c(S(C)=O)c2C)N1C. The van der Waals surface area contributed by atoms with Crippen LogP contribution in [0.15, 0.2) is 34.5 Å². The zero-order valence-electron chi connectivity index (χ0n) is 12.9. The summed E-state index contributed by atoms with van der Waals surface area (Å²) in [5.41, 5.74) is 6.15. The second-order valence-electron chi connectivity index (χ2n) is 5.22. The van der Waals surface area contributed by atoms with Gasteiger partial charge in [-0.25, -0.2) is 0 Å². The minimum Gasteiger partial charge on any atom is -0.343 e.